The van der Waals surface area contributed by atoms with Crippen molar-refractivity contribution in [3.63, 3.8) is 0 Å². The van der Waals surface area contributed by atoms with Crippen LogP contribution in [0.25, 0.3) is 0 Å². The van der Waals surface area contributed by atoms with Gasteiger partial charge in [-0.1, -0.05) is 18.5 Å². The van der Waals surface area contributed by atoms with E-state index >= 15 is 0 Å². The molecule has 1 aromatic rings. The van der Waals surface area contributed by atoms with Crippen molar-refractivity contribution in [3.8, 4) is 5.88 Å². The number of nitrogens with zero attached hydrogens (tertiary/aromatic N) is 3. The van der Waals surface area contributed by atoms with E-state index in [1.807, 2.05) is 21.0 Å². The number of hydrogen-bond donors (Lipinski definition) is 0. The fourth-order valence-corrected chi connectivity index (χ4v) is 1.61. The highest BCUT2D eigenvalue weighted by Crippen LogP contribution is 2.22. The van der Waals surface area contributed by atoms with Crippen LogP contribution >= 0.6 is 11.6 Å². The minimum atomic E-state index is 0.486. The molecule has 0 aliphatic heterocycles. The Labute approximate surface area is 102 Å². The summed E-state index contributed by atoms with van der Waals surface area (Å²) in [4.78, 5) is 10.2. The number of ether oxygens (including phenoxy) is 1. The van der Waals surface area contributed by atoms with Crippen molar-refractivity contribution >= 4 is 11.6 Å². The molecule has 16 heavy (non-hydrogen) atoms. The molecule has 0 fully saturated rings. The van der Waals surface area contributed by atoms with Crippen LogP contribution in [0.3, 0.4) is 0 Å². The van der Waals surface area contributed by atoms with Crippen LogP contribution in [0.1, 0.15) is 18.9 Å². The van der Waals surface area contributed by atoms with Gasteiger partial charge in [0.2, 0.25) is 5.88 Å². The van der Waals surface area contributed by atoms with Gasteiger partial charge in [-0.25, -0.2) is 9.97 Å². The minimum absolute atomic E-state index is 0.486. The van der Waals surface area contributed by atoms with Crippen LogP contribution in [0.15, 0.2) is 6.33 Å². The summed E-state index contributed by atoms with van der Waals surface area (Å²) in [7, 11) is 4.08. The molecule has 1 heterocycles. The largest absolute Gasteiger partial charge is 0.477 e. The summed E-state index contributed by atoms with van der Waals surface area (Å²) in [6.07, 6.45) is 3.18. The van der Waals surface area contributed by atoms with Gasteiger partial charge >= 0.3 is 0 Å². The molecule has 0 bridgehead atoms. The summed E-state index contributed by atoms with van der Waals surface area (Å²) in [6.45, 7) is 3.66. The third kappa shape index (κ3) is 3.94. The molecular weight excluding hydrogens is 226 g/mol. The van der Waals surface area contributed by atoms with Gasteiger partial charge in [0.15, 0.2) is 0 Å². The van der Waals surface area contributed by atoms with Crippen LogP contribution in [-0.4, -0.2) is 42.1 Å². The number of hydrogen-bond acceptors (Lipinski definition) is 4. The van der Waals surface area contributed by atoms with Gasteiger partial charge in [-0.2, -0.15) is 0 Å². The molecule has 0 aromatic carbocycles. The lowest BCUT2D eigenvalue weighted by Crippen LogP contribution is -2.16. The molecule has 4 nitrogen and oxygen atoms in total. The maximum Gasteiger partial charge on any atom is 0.221 e. The van der Waals surface area contributed by atoms with E-state index in [0.717, 1.165) is 24.9 Å². The predicted octanol–water partition coefficient (Wildman–Crippen LogP) is 2.02. The van der Waals surface area contributed by atoms with E-state index < -0.39 is 0 Å². The van der Waals surface area contributed by atoms with E-state index in [9.17, 15) is 0 Å². The molecule has 1 aromatic heterocycles. The number of rotatable bonds is 6. The molecule has 0 N–H and O–H groups in total. The van der Waals surface area contributed by atoms with Crippen molar-refractivity contribution in [1.82, 2.24) is 14.9 Å². The van der Waals surface area contributed by atoms with Gasteiger partial charge in [0.05, 0.1) is 12.2 Å². The monoisotopic (exact) mass is 243 g/mol. The third-order valence-electron chi connectivity index (χ3n) is 2.20. The fourth-order valence-electron chi connectivity index (χ4n) is 1.35. The zero-order valence-corrected chi connectivity index (χ0v) is 10.8. The van der Waals surface area contributed by atoms with Crippen LogP contribution < -0.4 is 4.74 Å². The van der Waals surface area contributed by atoms with E-state index in [0.29, 0.717) is 17.6 Å². The summed E-state index contributed by atoms with van der Waals surface area (Å²) < 4.78 is 5.60. The molecule has 0 radical (unpaired) electrons. The van der Waals surface area contributed by atoms with Gasteiger partial charge in [-0.3, -0.25) is 0 Å². The summed E-state index contributed by atoms with van der Waals surface area (Å²) in [6, 6.07) is 0. The Morgan fingerprint density at radius 3 is 2.75 bits per heavy atom. The van der Waals surface area contributed by atoms with Crippen molar-refractivity contribution in [2.75, 3.05) is 27.2 Å². The van der Waals surface area contributed by atoms with E-state index in [1.165, 1.54) is 6.33 Å². The Kier molecular flexibility index (Phi) is 5.49. The van der Waals surface area contributed by atoms with E-state index in [1.54, 1.807) is 0 Å². The summed E-state index contributed by atoms with van der Waals surface area (Å²) >= 11 is 5.95. The van der Waals surface area contributed by atoms with Crippen LogP contribution in [0, 0.1) is 0 Å². The highest BCUT2D eigenvalue weighted by atomic mass is 35.5. The first-order valence-electron chi connectivity index (χ1n) is 5.42. The zero-order valence-electron chi connectivity index (χ0n) is 10.0. The minimum Gasteiger partial charge on any atom is -0.477 e. The zero-order chi connectivity index (χ0) is 12.0. The quantitative estimate of drug-likeness (QED) is 0.566. The highest BCUT2D eigenvalue weighted by Gasteiger charge is 2.08. The topological polar surface area (TPSA) is 38.3 Å². The Morgan fingerprint density at radius 2 is 2.12 bits per heavy atom. The lowest BCUT2D eigenvalue weighted by Gasteiger charge is -2.11. The fraction of sp³-hybridized carbons (Fsp3) is 0.636. The smallest absolute Gasteiger partial charge is 0.221 e. The number of aromatic nitrogens is 2. The molecule has 0 saturated carbocycles. The van der Waals surface area contributed by atoms with E-state index in [-0.39, 0.29) is 0 Å². The van der Waals surface area contributed by atoms with Crippen molar-refractivity contribution in [3.05, 3.63) is 17.0 Å². The summed E-state index contributed by atoms with van der Waals surface area (Å²) in [5.41, 5.74) is 0.883. The number of halogens is 1. The first kappa shape index (κ1) is 13.2. The highest BCUT2D eigenvalue weighted by molar-refractivity contribution is 6.30. The molecule has 0 amide bonds. The lowest BCUT2D eigenvalue weighted by molar-refractivity contribution is 0.270. The lowest BCUT2D eigenvalue weighted by atomic mass is 10.2. The molecule has 0 atom stereocenters. The standard InChI is InChI=1S/C11H18ClN3O/c1-4-9-10(12)13-8-14-11(9)16-7-5-6-15(2)3/h8H,4-7H2,1-3H3. The molecule has 1 rings (SSSR count). The second-order valence-corrected chi connectivity index (χ2v) is 4.17. The third-order valence-corrected chi connectivity index (χ3v) is 2.52. The van der Waals surface area contributed by atoms with Crippen molar-refractivity contribution in [1.29, 1.82) is 0 Å². The molecule has 5 heteroatoms. The summed E-state index contributed by atoms with van der Waals surface area (Å²) in [5, 5.41) is 0.486. The molecule has 0 aliphatic rings. The molecule has 0 aliphatic carbocycles. The van der Waals surface area contributed by atoms with Gasteiger partial charge in [0.25, 0.3) is 0 Å². The second kappa shape index (κ2) is 6.66. The molecule has 0 saturated heterocycles. The molecule has 0 unspecified atom stereocenters. The molecule has 0 spiro atoms. The maximum absolute atomic E-state index is 5.95. The van der Waals surface area contributed by atoms with Crippen LogP contribution in [0.5, 0.6) is 5.88 Å². The Morgan fingerprint density at radius 1 is 1.38 bits per heavy atom. The SMILES string of the molecule is CCc1c(Cl)ncnc1OCCCN(C)C. The Bertz CT molecular complexity index is 331. The van der Waals surface area contributed by atoms with Gasteiger partial charge in [0.1, 0.15) is 11.5 Å². The normalized spacial score (nSPS) is 10.8. The average Bonchev–Trinajstić information content (AvgIpc) is 2.24. The summed E-state index contributed by atoms with van der Waals surface area (Å²) in [5.74, 6) is 0.612. The van der Waals surface area contributed by atoms with Crippen LogP contribution in [-0.2, 0) is 6.42 Å². The second-order valence-electron chi connectivity index (χ2n) is 3.81. The maximum atomic E-state index is 5.95. The van der Waals surface area contributed by atoms with Gasteiger partial charge in [-0.05, 0) is 26.9 Å². The van der Waals surface area contributed by atoms with Crippen molar-refractivity contribution in [2.45, 2.75) is 19.8 Å². The Balaban J connectivity index is 2.50. The Hall–Kier alpha value is -0.870. The average molecular weight is 244 g/mol. The first-order chi connectivity index (χ1) is 7.65. The van der Waals surface area contributed by atoms with Gasteiger partial charge in [-0.15, -0.1) is 0 Å². The van der Waals surface area contributed by atoms with Crippen molar-refractivity contribution in [2.24, 2.45) is 0 Å². The molecular formula is C11H18ClN3O. The van der Waals surface area contributed by atoms with Crippen LogP contribution in [0.4, 0.5) is 0 Å². The predicted molar refractivity (Wildman–Crippen MR) is 65.1 cm³/mol. The van der Waals surface area contributed by atoms with Crippen molar-refractivity contribution < 1.29 is 4.74 Å². The van der Waals surface area contributed by atoms with Gasteiger partial charge < -0.3 is 9.64 Å². The van der Waals surface area contributed by atoms with Gasteiger partial charge in [0, 0.05) is 6.54 Å². The van der Waals surface area contributed by atoms with E-state index in [2.05, 4.69) is 14.9 Å². The first-order valence-corrected chi connectivity index (χ1v) is 5.79. The van der Waals surface area contributed by atoms with E-state index in [4.69, 9.17) is 16.3 Å². The van der Waals surface area contributed by atoms with Crippen LogP contribution in [0.2, 0.25) is 5.15 Å². The molecule has 90 valence electrons.